The third-order valence-electron chi connectivity index (χ3n) is 2.98. The molecule has 0 N–H and O–H groups in total. The van der Waals surface area contributed by atoms with E-state index in [1.807, 2.05) is 24.3 Å². The van der Waals surface area contributed by atoms with Crippen LogP contribution in [0.15, 0.2) is 47.2 Å². The molecule has 2 heterocycles. The molecule has 0 aliphatic rings. The summed E-state index contributed by atoms with van der Waals surface area (Å²) in [6.07, 6.45) is 3.37. The van der Waals surface area contributed by atoms with Crippen LogP contribution in [0.2, 0.25) is 0 Å². The van der Waals surface area contributed by atoms with Crippen LogP contribution in [0.1, 0.15) is 0 Å². The van der Waals surface area contributed by atoms with Gasteiger partial charge in [-0.25, -0.2) is 0 Å². The standard InChI is InChI=1S/C15H13N3O3/c1-19-11-5-6-12(13(8-11)20-2)15-17-14(18-21-15)10-4-3-7-16-9-10/h3-9H,1-2H3. The lowest BCUT2D eigenvalue weighted by atomic mass is 10.2. The van der Waals surface area contributed by atoms with Gasteiger partial charge in [0.25, 0.3) is 5.89 Å². The van der Waals surface area contributed by atoms with Gasteiger partial charge in [-0.3, -0.25) is 4.98 Å². The van der Waals surface area contributed by atoms with E-state index in [0.717, 1.165) is 5.56 Å². The van der Waals surface area contributed by atoms with Crippen molar-refractivity contribution in [1.29, 1.82) is 0 Å². The molecule has 6 nitrogen and oxygen atoms in total. The third kappa shape index (κ3) is 2.55. The quantitative estimate of drug-likeness (QED) is 0.733. The first-order valence-electron chi connectivity index (χ1n) is 6.28. The van der Waals surface area contributed by atoms with Crippen LogP contribution in [-0.4, -0.2) is 29.3 Å². The van der Waals surface area contributed by atoms with Crippen LogP contribution in [0.5, 0.6) is 11.5 Å². The molecule has 0 spiro atoms. The largest absolute Gasteiger partial charge is 0.497 e. The summed E-state index contributed by atoms with van der Waals surface area (Å²) in [5, 5.41) is 3.97. The van der Waals surface area contributed by atoms with E-state index in [-0.39, 0.29) is 0 Å². The van der Waals surface area contributed by atoms with Gasteiger partial charge >= 0.3 is 0 Å². The summed E-state index contributed by atoms with van der Waals surface area (Å²) >= 11 is 0. The van der Waals surface area contributed by atoms with Crippen molar-refractivity contribution in [2.24, 2.45) is 0 Å². The predicted octanol–water partition coefficient (Wildman–Crippen LogP) is 2.82. The maximum absolute atomic E-state index is 5.34. The minimum absolute atomic E-state index is 0.383. The van der Waals surface area contributed by atoms with Gasteiger partial charge in [0.15, 0.2) is 0 Å². The van der Waals surface area contributed by atoms with E-state index in [9.17, 15) is 0 Å². The molecule has 106 valence electrons. The topological polar surface area (TPSA) is 70.3 Å². The molecule has 0 bridgehead atoms. The fourth-order valence-electron chi connectivity index (χ4n) is 1.92. The van der Waals surface area contributed by atoms with Crippen molar-refractivity contribution in [3.63, 3.8) is 0 Å². The second-order valence-electron chi connectivity index (χ2n) is 4.23. The zero-order chi connectivity index (χ0) is 14.7. The molecule has 0 amide bonds. The number of aromatic nitrogens is 3. The molecule has 0 radical (unpaired) electrons. The first-order chi connectivity index (χ1) is 10.3. The highest BCUT2D eigenvalue weighted by atomic mass is 16.5. The maximum Gasteiger partial charge on any atom is 0.262 e. The van der Waals surface area contributed by atoms with Crippen LogP contribution in [0, 0.1) is 0 Å². The Morgan fingerprint density at radius 2 is 2.00 bits per heavy atom. The maximum atomic E-state index is 5.34. The second-order valence-corrected chi connectivity index (χ2v) is 4.23. The van der Waals surface area contributed by atoms with Gasteiger partial charge < -0.3 is 14.0 Å². The molecule has 0 saturated heterocycles. The Bertz CT molecular complexity index is 741. The lowest BCUT2D eigenvalue weighted by Crippen LogP contribution is -1.90. The second kappa shape index (κ2) is 5.62. The van der Waals surface area contributed by atoms with Crippen molar-refractivity contribution in [1.82, 2.24) is 15.1 Å². The summed E-state index contributed by atoms with van der Waals surface area (Å²) in [5.74, 6) is 2.17. The van der Waals surface area contributed by atoms with Gasteiger partial charge in [0, 0.05) is 24.0 Å². The van der Waals surface area contributed by atoms with Gasteiger partial charge in [-0.2, -0.15) is 4.98 Å². The number of ether oxygens (including phenoxy) is 2. The van der Waals surface area contributed by atoms with Crippen LogP contribution in [0.3, 0.4) is 0 Å². The summed E-state index contributed by atoms with van der Waals surface area (Å²) < 4.78 is 15.8. The molecule has 6 heteroatoms. The number of methoxy groups -OCH3 is 2. The molecule has 1 aromatic carbocycles. The number of benzene rings is 1. The van der Waals surface area contributed by atoms with Crippen LogP contribution < -0.4 is 9.47 Å². The van der Waals surface area contributed by atoms with E-state index in [2.05, 4.69) is 15.1 Å². The monoisotopic (exact) mass is 283 g/mol. The minimum Gasteiger partial charge on any atom is -0.497 e. The van der Waals surface area contributed by atoms with E-state index < -0.39 is 0 Å². The first-order valence-corrected chi connectivity index (χ1v) is 6.28. The Kier molecular flexibility index (Phi) is 3.51. The van der Waals surface area contributed by atoms with E-state index in [0.29, 0.717) is 28.8 Å². The molecule has 0 fully saturated rings. The molecule has 2 aromatic heterocycles. The van der Waals surface area contributed by atoms with Gasteiger partial charge in [0.05, 0.1) is 19.8 Å². The predicted molar refractivity (Wildman–Crippen MR) is 76.1 cm³/mol. The van der Waals surface area contributed by atoms with Crippen molar-refractivity contribution in [2.75, 3.05) is 14.2 Å². The fourth-order valence-corrected chi connectivity index (χ4v) is 1.92. The average Bonchev–Trinajstić information content (AvgIpc) is 3.04. The molecule has 0 aliphatic heterocycles. The average molecular weight is 283 g/mol. The molecule has 3 rings (SSSR count). The summed E-state index contributed by atoms with van der Waals surface area (Å²) in [4.78, 5) is 8.41. The molecule has 0 saturated carbocycles. The lowest BCUT2D eigenvalue weighted by Gasteiger charge is -2.06. The number of hydrogen-bond donors (Lipinski definition) is 0. The minimum atomic E-state index is 0.383. The highest BCUT2D eigenvalue weighted by Crippen LogP contribution is 2.33. The van der Waals surface area contributed by atoms with E-state index in [4.69, 9.17) is 14.0 Å². The van der Waals surface area contributed by atoms with Gasteiger partial charge in [-0.05, 0) is 24.3 Å². The highest BCUT2D eigenvalue weighted by molar-refractivity contribution is 5.66. The van der Waals surface area contributed by atoms with Gasteiger partial charge in [0.1, 0.15) is 11.5 Å². The van der Waals surface area contributed by atoms with Gasteiger partial charge in [-0.15, -0.1) is 0 Å². The SMILES string of the molecule is COc1ccc(-c2nc(-c3cccnc3)no2)c(OC)c1. The molecular weight excluding hydrogens is 270 g/mol. The number of rotatable bonds is 4. The van der Waals surface area contributed by atoms with E-state index in [1.165, 1.54) is 0 Å². The Morgan fingerprint density at radius 1 is 1.10 bits per heavy atom. The van der Waals surface area contributed by atoms with Crippen molar-refractivity contribution in [3.8, 4) is 34.3 Å². The third-order valence-corrected chi connectivity index (χ3v) is 2.98. The van der Waals surface area contributed by atoms with Crippen molar-refractivity contribution >= 4 is 0 Å². The van der Waals surface area contributed by atoms with Gasteiger partial charge in [0.2, 0.25) is 5.82 Å². The molecule has 0 atom stereocenters. The van der Waals surface area contributed by atoms with Crippen LogP contribution in [0.25, 0.3) is 22.8 Å². The Hall–Kier alpha value is -2.89. The smallest absolute Gasteiger partial charge is 0.262 e. The molecular formula is C15H13N3O3. The molecule has 3 aromatic rings. The van der Waals surface area contributed by atoms with Crippen molar-refractivity contribution < 1.29 is 14.0 Å². The lowest BCUT2D eigenvalue weighted by molar-refractivity contribution is 0.391. The van der Waals surface area contributed by atoms with E-state index >= 15 is 0 Å². The number of pyridine rings is 1. The van der Waals surface area contributed by atoms with Gasteiger partial charge in [-0.1, -0.05) is 5.16 Å². The first kappa shape index (κ1) is 13.1. The van der Waals surface area contributed by atoms with Crippen LogP contribution in [-0.2, 0) is 0 Å². The van der Waals surface area contributed by atoms with E-state index in [1.54, 1.807) is 32.7 Å². The Morgan fingerprint density at radius 3 is 2.71 bits per heavy atom. The molecule has 0 unspecified atom stereocenters. The highest BCUT2D eigenvalue weighted by Gasteiger charge is 2.15. The Balaban J connectivity index is 2.00. The zero-order valence-corrected chi connectivity index (χ0v) is 11.6. The summed E-state index contributed by atoms with van der Waals surface area (Å²) in [6, 6.07) is 9.08. The summed E-state index contributed by atoms with van der Waals surface area (Å²) in [7, 11) is 3.18. The van der Waals surface area contributed by atoms with Crippen LogP contribution in [0.4, 0.5) is 0 Å². The summed E-state index contributed by atoms with van der Waals surface area (Å²) in [6.45, 7) is 0. The van der Waals surface area contributed by atoms with Crippen molar-refractivity contribution in [2.45, 2.75) is 0 Å². The molecule has 0 aliphatic carbocycles. The fraction of sp³-hybridized carbons (Fsp3) is 0.133. The zero-order valence-electron chi connectivity index (χ0n) is 11.6. The Labute approximate surface area is 121 Å². The van der Waals surface area contributed by atoms with Crippen molar-refractivity contribution in [3.05, 3.63) is 42.7 Å². The number of nitrogens with zero attached hydrogens (tertiary/aromatic N) is 3. The summed E-state index contributed by atoms with van der Waals surface area (Å²) in [5.41, 5.74) is 1.50. The van der Waals surface area contributed by atoms with Crippen LogP contribution >= 0.6 is 0 Å². The molecule has 21 heavy (non-hydrogen) atoms. The number of hydrogen-bond acceptors (Lipinski definition) is 6. The normalized spacial score (nSPS) is 10.4.